The summed E-state index contributed by atoms with van der Waals surface area (Å²) in [6.07, 6.45) is 3.77. The van der Waals surface area contributed by atoms with Crippen LogP contribution in [-0.2, 0) is 0 Å². The molecule has 0 atom stereocenters. The third-order valence-corrected chi connectivity index (χ3v) is 4.70. The van der Waals surface area contributed by atoms with Crippen LogP contribution >= 0.6 is 0 Å². The Morgan fingerprint density at radius 1 is 1.30 bits per heavy atom. The van der Waals surface area contributed by atoms with Gasteiger partial charge in [-0.1, -0.05) is 6.92 Å². The fourth-order valence-electron chi connectivity index (χ4n) is 3.07. The van der Waals surface area contributed by atoms with Crippen LogP contribution in [0.4, 0.5) is 0 Å². The topological polar surface area (TPSA) is 62.5 Å². The van der Waals surface area contributed by atoms with Gasteiger partial charge in [0.15, 0.2) is 0 Å². The molecule has 4 nitrogen and oxygen atoms in total. The summed E-state index contributed by atoms with van der Waals surface area (Å²) < 4.78 is 5.52. The van der Waals surface area contributed by atoms with Gasteiger partial charge in [0.05, 0.1) is 17.7 Å². The summed E-state index contributed by atoms with van der Waals surface area (Å²) in [7, 11) is 0. The monoisotopic (exact) mass is 279 g/mol. The lowest BCUT2D eigenvalue weighted by molar-refractivity contribution is 0.0715. The Morgan fingerprint density at radius 3 is 2.35 bits per heavy atom. The van der Waals surface area contributed by atoms with Crippen LogP contribution in [0, 0.1) is 26.7 Å². The summed E-state index contributed by atoms with van der Waals surface area (Å²) in [5.74, 6) is 1.98. The van der Waals surface area contributed by atoms with Gasteiger partial charge in [0, 0.05) is 5.56 Å². The molecule has 1 aliphatic rings. The van der Waals surface area contributed by atoms with Gasteiger partial charge in [0.1, 0.15) is 11.5 Å². The van der Waals surface area contributed by atoms with Crippen LogP contribution < -0.4 is 5.32 Å². The molecule has 0 unspecified atom stereocenters. The number of furan rings is 1. The first-order chi connectivity index (χ1) is 9.38. The second-order valence-corrected chi connectivity index (χ2v) is 6.29. The Morgan fingerprint density at radius 2 is 1.90 bits per heavy atom. The molecule has 0 spiro atoms. The Balaban J connectivity index is 2.17. The van der Waals surface area contributed by atoms with E-state index in [1.165, 1.54) is 0 Å². The average molecular weight is 279 g/mol. The first-order valence-corrected chi connectivity index (χ1v) is 7.38. The lowest BCUT2D eigenvalue weighted by Gasteiger charge is -2.38. The molecule has 1 aromatic heterocycles. The normalized spacial score (nSPS) is 26.6. The van der Waals surface area contributed by atoms with Gasteiger partial charge in [-0.3, -0.25) is 4.79 Å². The zero-order valence-corrected chi connectivity index (χ0v) is 12.9. The number of hydrogen-bond donors (Lipinski definition) is 2. The van der Waals surface area contributed by atoms with Gasteiger partial charge >= 0.3 is 0 Å². The summed E-state index contributed by atoms with van der Waals surface area (Å²) in [6.45, 7) is 7.79. The van der Waals surface area contributed by atoms with Crippen LogP contribution in [-0.4, -0.2) is 23.2 Å². The fourth-order valence-corrected chi connectivity index (χ4v) is 3.07. The first-order valence-electron chi connectivity index (χ1n) is 7.38. The minimum absolute atomic E-state index is 0.000386. The molecule has 1 aromatic rings. The van der Waals surface area contributed by atoms with Gasteiger partial charge in [0.2, 0.25) is 0 Å². The van der Waals surface area contributed by atoms with Crippen molar-refractivity contribution in [1.29, 1.82) is 0 Å². The van der Waals surface area contributed by atoms with Crippen molar-refractivity contribution >= 4 is 5.91 Å². The maximum absolute atomic E-state index is 12.5. The second kappa shape index (κ2) is 5.60. The van der Waals surface area contributed by atoms with Crippen molar-refractivity contribution in [3.05, 3.63) is 22.6 Å². The van der Waals surface area contributed by atoms with E-state index in [0.29, 0.717) is 17.2 Å². The maximum atomic E-state index is 12.5. The minimum Gasteiger partial charge on any atom is -0.466 e. The van der Waals surface area contributed by atoms with Crippen molar-refractivity contribution < 1.29 is 14.3 Å². The first kappa shape index (κ1) is 15.1. The number of carbonyl (C=O) groups is 1. The molecule has 0 aromatic carbocycles. The molecule has 2 rings (SSSR count). The van der Waals surface area contributed by atoms with Gasteiger partial charge in [-0.15, -0.1) is 0 Å². The highest BCUT2D eigenvalue weighted by molar-refractivity contribution is 5.97. The third-order valence-electron chi connectivity index (χ3n) is 4.70. The van der Waals surface area contributed by atoms with Gasteiger partial charge in [-0.2, -0.15) is 0 Å². The van der Waals surface area contributed by atoms with E-state index in [0.717, 1.165) is 37.0 Å². The SMILES string of the molecule is Cc1oc(C)c(C(=O)NC2(CO)CCC(C)CC2)c1C. The van der Waals surface area contributed by atoms with Crippen molar-refractivity contribution in [3.8, 4) is 0 Å². The van der Waals surface area contributed by atoms with E-state index >= 15 is 0 Å². The Bertz CT molecular complexity index is 496. The van der Waals surface area contributed by atoms with Crippen molar-refractivity contribution in [3.63, 3.8) is 0 Å². The maximum Gasteiger partial charge on any atom is 0.255 e. The van der Waals surface area contributed by atoms with Crippen molar-refractivity contribution in [2.45, 2.75) is 58.9 Å². The lowest BCUT2D eigenvalue weighted by Crippen LogP contribution is -2.53. The summed E-state index contributed by atoms with van der Waals surface area (Å²) in [4.78, 5) is 12.5. The summed E-state index contributed by atoms with van der Waals surface area (Å²) >= 11 is 0. The van der Waals surface area contributed by atoms with Gasteiger partial charge < -0.3 is 14.8 Å². The molecule has 1 amide bonds. The largest absolute Gasteiger partial charge is 0.466 e. The Hall–Kier alpha value is -1.29. The van der Waals surface area contributed by atoms with E-state index in [4.69, 9.17) is 4.42 Å². The number of aryl methyl sites for hydroxylation is 2. The van der Waals surface area contributed by atoms with E-state index in [9.17, 15) is 9.90 Å². The third kappa shape index (κ3) is 2.75. The fraction of sp³-hybridized carbons (Fsp3) is 0.688. The number of nitrogens with one attached hydrogen (secondary N) is 1. The molecular weight excluding hydrogens is 254 g/mol. The molecule has 20 heavy (non-hydrogen) atoms. The second-order valence-electron chi connectivity index (χ2n) is 6.29. The number of amides is 1. The highest BCUT2D eigenvalue weighted by Crippen LogP contribution is 2.32. The van der Waals surface area contributed by atoms with Crippen LogP contribution in [0.15, 0.2) is 4.42 Å². The van der Waals surface area contributed by atoms with Gasteiger partial charge in [0.25, 0.3) is 5.91 Å². The van der Waals surface area contributed by atoms with Gasteiger partial charge in [-0.05, 0) is 52.4 Å². The molecule has 1 heterocycles. The summed E-state index contributed by atoms with van der Waals surface area (Å²) in [6, 6.07) is 0. The predicted molar refractivity (Wildman–Crippen MR) is 77.8 cm³/mol. The summed E-state index contributed by atoms with van der Waals surface area (Å²) in [5.41, 5.74) is 1.04. The molecule has 0 aliphatic heterocycles. The lowest BCUT2D eigenvalue weighted by atomic mass is 9.77. The molecule has 1 aliphatic carbocycles. The Kier molecular flexibility index (Phi) is 4.23. The molecule has 0 saturated heterocycles. The standard InChI is InChI=1S/C16H25NO3/c1-10-5-7-16(9-18,8-6-10)17-15(19)14-11(2)12(3)20-13(14)4/h10,18H,5-9H2,1-4H3,(H,17,19). The minimum atomic E-state index is -0.465. The predicted octanol–water partition coefficient (Wildman–Crippen LogP) is 2.88. The number of rotatable bonds is 3. The number of carbonyl (C=O) groups excluding carboxylic acids is 1. The van der Waals surface area contributed by atoms with Crippen LogP contribution in [0.1, 0.15) is 60.0 Å². The molecule has 4 heteroatoms. The quantitative estimate of drug-likeness (QED) is 0.894. The van der Waals surface area contributed by atoms with Crippen molar-refractivity contribution in [1.82, 2.24) is 5.32 Å². The number of hydrogen-bond acceptors (Lipinski definition) is 3. The number of aliphatic hydroxyl groups excluding tert-OH is 1. The van der Waals surface area contributed by atoms with E-state index in [2.05, 4.69) is 12.2 Å². The molecule has 0 bridgehead atoms. The highest BCUT2D eigenvalue weighted by Gasteiger charge is 2.36. The zero-order chi connectivity index (χ0) is 14.9. The van der Waals surface area contributed by atoms with E-state index in [1.807, 2.05) is 20.8 Å². The zero-order valence-electron chi connectivity index (χ0n) is 12.9. The molecule has 1 fully saturated rings. The van der Waals surface area contributed by atoms with E-state index < -0.39 is 5.54 Å². The van der Waals surface area contributed by atoms with Crippen LogP contribution in [0.5, 0.6) is 0 Å². The molecule has 2 N–H and O–H groups in total. The molecule has 0 radical (unpaired) electrons. The smallest absolute Gasteiger partial charge is 0.255 e. The van der Waals surface area contributed by atoms with E-state index in [1.54, 1.807) is 0 Å². The summed E-state index contributed by atoms with van der Waals surface area (Å²) in [5, 5.41) is 12.8. The molecule has 1 saturated carbocycles. The average Bonchev–Trinajstić information content (AvgIpc) is 2.66. The van der Waals surface area contributed by atoms with Crippen molar-refractivity contribution in [2.24, 2.45) is 5.92 Å². The van der Waals surface area contributed by atoms with Gasteiger partial charge in [-0.25, -0.2) is 0 Å². The molecule has 112 valence electrons. The van der Waals surface area contributed by atoms with Crippen LogP contribution in [0.3, 0.4) is 0 Å². The molecular formula is C16H25NO3. The van der Waals surface area contributed by atoms with Crippen LogP contribution in [0.25, 0.3) is 0 Å². The highest BCUT2D eigenvalue weighted by atomic mass is 16.3. The number of aliphatic hydroxyl groups is 1. The van der Waals surface area contributed by atoms with E-state index in [-0.39, 0.29) is 12.5 Å². The van der Waals surface area contributed by atoms with Crippen molar-refractivity contribution in [2.75, 3.05) is 6.61 Å². The van der Waals surface area contributed by atoms with Crippen LogP contribution in [0.2, 0.25) is 0 Å². The Labute approximate surface area is 120 Å².